The molecule has 0 amide bonds. The van der Waals surface area contributed by atoms with E-state index in [0.29, 0.717) is 17.5 Å². The molecule has 0 saturated carbocycles. The molecule has 0 fully saturated rings. The molecule has 6 heteroatoms. The van der Waals surface area contributed by atoms with E-state index in [0.717, 1.165) is 59.8 Å². The fourth-order valence-electron chi connectivity index (χ4n) is 8.26. The fraction of sp³-hybridized carbons (Fsp3) is 0. The Balaban J connectivity index is 1.22. The Labute approximate surface area is 322 Å². The Morgan fingerprint density at radius 3 is 1.96 bits per heavy atom. The number of benzene rings is 8. The van der Waals surface area contributed by atoms with Crippen LogP contribution in [0, 0.1) is 0 Å². The van der Waals surface area contributed by atoms with Crippen molar-refractivity contribution in [3.8, 4) is 45.3 Å². The topological polar surface area (TPSA) is 51.8 Å². The molecule has 0 aliphatic heterocycles. The maximum absolute atomic E-state index is 6.55. The molecule has 0 aliphatic carbocycles. The molecule has 8 aromatic carbocycles. The lowest BCUT2D eigenvalue weighted by Crippen LogP contribution is -2.02. The van der Waals surface area contributed by atoms with E-state index in [1.54, 1.807) is 11.3 Å². The smallest absolute Gasteiger partial charge is 0.165 e. The van der Waals surface area contributed by atoms with Crippen molar-refractivity contribution >= 4 is 95.7 Å². The van der Waals surface area contributed by atoms with Gasteiger partial charge in [0.05, 0.1) is 0 Å². The van der Waals surface area contributed by atoms with Crippen molar-refractivity contribution in [2.45, 2.75) is 0 Å². The Morgan fingerprint density at radius 2 is 1.05 bits per heavy atom. The average Bonchev–Trinajstić information content (AvgIpc) is 3.94. The molecule has 4 heterocycles. The molecule has 0 radical (unpaired) electrons. The number of fused-ring (bicyclic) bond motifs is 10. The lowest BCUT2D eigenvalue weighted by atomic mass is 9.92. The average molecular weight is 738 g/mol. The first kappa shape index (κ1) is 30.7. The normalized spacial score (nSPS) is 12.0. The number of hydrogen-bond donors (Lipinski definition) is 0. The molecule has 12 aromatic rings. The summed E-state index contributed by atoms with van der Waals surface area (Å²) < 4.78 is 11.5. The number of thiophene rings is 2. The summed E-state index contributed by atoms with van der Waals surface area (Å²) in [5.74, 6) is 1.87. The molecular weight excluding hydrogens is 711 g/mol. The van der Waals surface area contributed by atoms with Gasteiger partial charge in [-0.25, -0.2) is 15.0 Å². The zero-order valence-corrected chi connectivity index (χ0v) is 30.8. The second-order valence-electron chi connectivity index (χ2n) is 13.9. The molecule has 12 rings (SSSR count). The predicted molar refractivity (Wildman–Crippen MR) is 232 cm³/mol. The summed E-state index contributed by atoms with van der Waals surface area (Å²) in [7, 11) is 0. The van der Waals surface area contributed by atoms with E-state index >= 15 is 0 Å². The third kappa shape index (κ3) is 4.72. The Morgan fingerprint density at radius 1 is 0.382 bits per heavy atom. The highest BCUT2D eigenvalue weighted by Gasteiger charge is 2.24. The van der Waals surface area contributed by atoms with Crippen molar-refractivity contribution in [3.63, 3.8) is 0 Å². The van der Waals surface area contributed by atoms with Gasteiger partial charge in [-0.3, -0.25) is 0 Å². The van der Waals surface area contributed by atoms with Gasteiger partial charge in [-0.05, 0) is 70.4 Å². The van der Waals surface area contributed by atoms with Crippen LogP contribution >= 0.6 is 22.7 Å². The van der Waals surface area contributed by atoms with Crippen molar-refractivity contribution in [1.82, 2.24) is 15.0 Å². The van der Waals surface area contributed by atoms with Crippen LogP contribution in [0.1, 0.15) is 0 Å². The van der Waals surface area contributed by atoms with Crippen LogP contribution in [0.5, 0.6) is 0 Å². The van der Waals surface area contributed by atoms with Gasteiger partial charge in [0.1, 0.15) is 11.2 Å². The van der Waals surface area contributed by atoms with E-state index < -0.39 is 0 Å². The van der Waals surface area contributed by atoms with Gasteiger partial charge >= 0.3 is 0 Å². The summed E-state index contributed by atoms with van der Waals surface area (Å²) in [6, 6.07) is 57.8. The summed E-state index contributed by atoms with van der Waals surface area (Å²) in [6.07, 6.45) is 0. The van der Waals surface area contributed by atoms with E-state index in [4.69, 9.17) is 19.4 Å². The van der Waals surface area contributed by atoms with Crippen LogP contribution in [0.4, 0.5) is 0 Å². The number of nitrogens with zero attached hydrogens (tertiary/aromatic N) is 3. The molecule has 4 nitrogen and oxygen atoms in total. The number of hydrogen-bond acceptors (Lipinski definition) is 6. The van der Waals surface area contributed by atoms with E-state index in [-0.39, 0.29) is 0 Å². The van der Waals surface area contributed by atoms with Crippen molar-refractivity contribution < 1.29 is 4.42 Å². The first-order valence-corrected chi connectivity index (χ1v) is 19.9. The molecule has 0 aliphatic rings. The molecule has 0 atom stereocenters. The van der Waals surface area contributed by atoms with E-state index in [1.165, 1.54) is 41.0 Å². The van der Waals surface area contributed by atoms with E-state index in [1.807, 2.05) is 23.5 Å². The van der Waals surface area contributed by atoms with Crippen molar-refractivity contribution in [1.29, 1.82) is 0 Å². The van der Waals surface area contributed by atoms with Gasteiger partial charge in [0, 0.05) is 67.8 Å². The van der Waals surface area contributed by atoms with Crippen LogP contribution in [0.2, 0.25) is 0 Å². The van der Waals surface area contributed by atoms with Gasteiger partial charge in [-0.15, -0.1) is 22.7 Å². The Hall–Kier alpha value is -6.73. The quantitative estimate of drug-likeness (QED) is 0.180. The zero-order valence-electron chi connectivity index (χ0n) is 29.2. The monoisotopic (exact) mass is 737 g/mol. The van der Waals surface area contributed by atoms with Crippen LogP contribution in [-0.2, 0) is 0 Å². The molecule has 0 bridgehead atoms. The van der Waals surface area contributed by atoms with Crippen LogP contribution < -0.4 is 0 Å². The molecule has 0 spiro atoms. The largest absolute Gasteiger partial charge is 0.456 e. The van der Waals surface area contributed by atoms with Gasteiger partial charge in [0.25, 0.3) is 0 Å². The molecule has 256 valence electrons. The summed E-state index contributed by atoms with van der Waals surface area (Å²) in [5.41, 5.74) is 6.66. The standard InChI is InChI=1S/C49H27N3OS2/c1-2-12-29-27-30(24-23-28(29)11-1)47-50-48(37-18-9-17-34-31-13-4-7-20-40(31)55-46(34)37)52-49(51-47)45-33(25-26-39-44(45)35-14-3-6-19-38(35)53-39)32-16-10-22-42-43(32)36-15-5-8-21-41(36)54-42/h1-27H. The molecule has 0 unspecified atom stereocenters. The van der Waals surface area contributed by atoms with Gasteiger partial charge < -0.3 is 4.42 Å². The van der Waals surface area contributed by atoms with Crippen molar-refractivity contribution in [2.75, 3.05) is 0 Å². The summed E-state index contributed by atoms with van der Waals surface area (Å²) in [6.45, 7) is 0. The summed E-state index contributed by atoms with van der Waals surface area (Å²) >= 11 is 3.61. The highest BCUT2D eigenvalue weighted by molar-refractivity contribution is 7.26. The summed E-state index contributed by atoms with van der Waals surface area (Å²) in [5, 5.41) is 9.23. The molecular formula is C49H27N3OS2. The number of aromatic nitrogens is 3. The van der Waals surface area contributed by atoms with Crippen LogP contribution in [0.3, 0.4) is 0 Å². The van der Waals surface area contributed by atoms with E-state index in [2.05, 4.69) is 152 Å². The SMILES string of the molecule is c1ccc2cc(-c3nc(-c4cccc5c4sc4ccccc45)nc(-c4c(-c5cccc6sc7ccccc7c56)ccc5oc6ccccc6c45)n3)ccc2c1. The fourth-order valence-corrected chi connectivity index (χ4v) is 10.6. The first-order valence-electron chi connectivity index (χ1n) is 18.3. The Kier molecular flexibility index (Phi) is 6.64. The first-order chi connectivity index (χ1) is 27.2. The number of furan rings is 1. The lowest BCUT2D eigenvalue weighted by molar-refractivity contribution is 0.669. The minimum Gasteiger partial charge on any atom is -0.456 e. The van der Waals surface area contributed by atoms with Crippen LogP contribution in [-0.4, -0.2) is 15.0 Å². The second kappa shape index (κ2) is 11.9. The molecule has 0 N–H and O–H groups in total. The van der Waals surface area contributed by atoms with Gasteiger partial charge in [-0.2, -0.15) is 0 Å². The maximum atomic E-state index is 6.55. The van der Waals surface area contributed by atoms with Crippen LogP contribution in [0.15, 0.2) is 168 Å². The molecule has 0 saturated heterocycles. The third-order valence-corrected chi connectivity index (χ3v) is 13.1. The highest BCUT2D eigenvalue weighted by Crippen LogP contribution is 2.47. The zero-order chi connectivity index (χ0) is 36.0. The summed E-state index contributed by atoms with van der Waals surface area (Å²) in [4.78, 5) is 16.2. The lowest BCUT2D eigenvalue weighted by Gasteiger charge is -2.15. The molecule has 55 heavy (non-hydrogen) atoms. The number of para-hydroxylation sites is 1. The van der Waals surface area contributed by atoms with Crippen molar-refractivity contribution in [3.05, 3.63) is 164 Å². The minimum absolute atomic E-state index is 0.606. The highest BCUT2D eigenvalue weighted by atomic mass is 32.1. The minimum atomic E-state index is 0.606. The maximum Gasteiger partial charge on any atom is 0.165 e. The third-order valence-electron chi connectivity index (χ3n) is 10.7. The van der Waals surface area contributed by atoms with Gasteiger partial charge in [0.15, 0.2) is 17.5 Å². The van der Waals surface area contributed by atoms with Gasteiger partial charge in [0.2, 0.25) is 0 Å². The Bertz CT molecular complexity index is 3520. The van der Waals surface area contributed by atoms with Gasteiger partial charge in [-0.1, -0.05) is 115 Å². The number of rotatable bonds is 4. The van der Waals surface area contributed by atoms with Crippen molar-refractivity contribution in [2.24, 2.45) is 0 Å². The second-order valence-corrected chi connectivity index (χ2v) is 16.0. The predicted octanol–water partition coefficient (Wildman–Crippen LogP) is 14.3. The molecule has 4 aromatic heterocycles. The van der Waals surface area contributed by atoms with Crippen LogP contribution in [0.25, 0.3) is 118 Å². The van der Waals surface area contributed by atoms with E-state index in [9.17, 15) is 0 Å².